The number of hydrogen-bond donors (Lipinski definition) is 1. The number of aromatic nitrogens is 2. The third kappa shape index (κ3) is 4.40. The molecule has 1 aromatic heterocycles. The van der Waals surface area contributed by atoms with Crippen LogP contribution in [0.15, 0.2) is 65.8 Å². The van der Waals surface area contributed by atoms with Crippen LogP contribution in [0.1, 0.15) is 11.4 Å². The van der Waals surface area contributed by atoms with E-state index in [4.69, 9.17) is 11.6 Å². The maximum absolute atomic E-state index is 5.87. The fourth-order valence-corrected chi connectivity index (χ4v) is 2.39. The third-order valence-electron chi connectivity index (χ3n) is 3.42. The van der Waals surface area contributed by atoms with Crippen molar-refractivity contribution in [2.45, 2.75) is 13.3 Å². The Bertz CT molecular complexity index is 830. The molecule has 0 saturated heterocycles. The maximum Gasteiger partial charge on any atom is 0.150 e. The summed E-state index contributed by atoms with van der Waals surface area (Å²) in [4.78, 5) is 8.83. The lowest BCUT2D eigenvalue weighted by molar-refractivity contribution is 1.05. The lowest BCUT2D eigenvalue weighted by Gasteiger charge is -2.05. The maximum atomic E-state index is 5.87. The zero-order valence-corrected chi connectivity index (χ0v) is 14.0. The molecule has 0 saturated carbocycles. The van der Waals surface area contributed by atoms with Gasteiger partial charge in [0.25, 0.3) is 0 Å². The van der Waals surface area contributed by atoms with E-state index in [9.17, 15) is 0 Å². The lowest BCUT2D eigenvalue weighted by atomic mass is 10.1. The van der Waals surface area contributed by atoms with Crippen molar-refractivity contribution in [3.8, 4) is 11.3 Å². The molecule has 0 aliphatic rings. The van der Waals surface area contributed by atoms with Crippen LogP contribution in [0.25, 0.3) is 11.3 Å². The van der Waals surface area contributed by atoms with Crippen molar-refractivity contribution in [1.82, 2.24) is 9.97 Å². The molecule has 120 valence electrons. The molecule has 0 fully saturated rings. The quantitative estimate of drug-likeness (QED) is 0.540. The molecule has 0 atom stereocenters. The number of halogens is 1. The van der Waals surface area contributed by atoms with Gasteiger partial charge < -0.3 is 0 Å². The van der Waals surface area contributed by atoms with Gasteiger partial charge in [-0.15, -0.1) is 0 Å². The molecule has 4 nitrogen and oxygen atoms in total. The Hall–Kier alpha value is -2.72. The van der Waals surface area contributed by atoms with E-state index in [2.05, 4.69) is 20.5 Å². The summed E-state index contributed by atoms with van der Waals surface area (Å²) in [5, 5.41) is 4.97. The van der Waals surface area contributed by atoms with E-state index < -0.39 is 0 Å². The van der Waals surface area contributed by atoms with Gasteiger partial charge in [0, 0.05) is 29.3 Å². The van der Waals surface area contributed by atoms with Crippen LogP contribution in [0.2, 0.25) is 5.02 Å². The average molecular weight is 337 g/mol. The van der Waals surface area contributed by atoms with Crippen LogP contribution in [-0.2, 0) is 6.42 Å². The van der Waals surface area contributed by atoms with Crippen LogP contribution < -0.4 is 5.43 Å². The number of benzene rings is 2. The molecule has 0 aliphatic carbocycles. The van der Waals surface area contributed by atoms with E-state index in [0.29, 0.717) is 11.6 Å². The zero-order valence-electron chi connectivity index (χ0n) is 13.3. The summed E-state index contributed by atoms with van der Waals surface area (Å²) in [6, 6.07) is 19.6. The van der Waals surface area contributed by atoms with E-state index in [1.165, 1.54) is 0 Å². The summed E-state index contributed by atoms with van der Waals surface area (Å²) in [5.74, 6) is 1.38. The van der Waals surface area contributed by atoms with Gasteiger partial charge in [-0.05, 0) is 24.6 Å². The first-order valence-electron chi connectivity index (χ1n) is 7.64. The summed E-state index contributed by atoms with van der Waals surface area (Å²) in [6.07, 6.45) is 2.53. The van der Waals surface area contributed by atoms with Crippen molar-refractivity contribution < 1.29 is 0 Å². The fraction of sp³-hybridized carbons (Fsp3) is 0.105. The number of nitrogens with one attached hydrogen (secondary N) is 1. The number of nitrogens with zero attached hydrogens (tertiary/aromatic N) is 3. The topological polar surface area (TPSA) is 50.2 Å². The van der Waals surface area contributed by atoms with Gasteiger partial charge >= 0.3 is 0 Å². The van der Waals surface area contributed by atoms with Crippen molar-refractivity contribution in [1.29, 1.82) is 0 Å². The predicted molar refractivity (Wildman–Crippen MR) is 99.5 cm³/mol. The van der Waals surface area contributed by atoms with Crippen molar-refractivity contribution in [2.24, 2.45) is 5.10 Å². The number of hydrogen-bond acceptors (Lipinski definition) is 4. The monoisotopic (exact) mass is 336 g/mol. The minimum absolute atomic E-state index is 0.675. The van der Waals surface area contributed by atoms with E-state index in [-0.39, 0.29) is 0 Å². The Kier molecular flexibility index (Phi) is 5.18. The van der Waals surface area contributed by atoms with Crippen LogP contribution in [0.3, 0.4) is 0 Å². The first kappa shape index (κ1) is 16.1. The SMILES string of the molecule is Cc1nc(NN=CCc2ccc(Cl)cc2)cc(-c2ccccc2)n1. The molecule has 3 aromatic rings. The molecule has 1 N–H and O–H groups in total. The summed E-state index contributed by atoms with van der Waals surface area (Å²) in [5.41, 5.74) is 6.04. The van der Waals surface area contributed by atoms with Gasteiger partial charge in [-0.25, -0.2) is 9.97 Å². The molecule has 1 heterocycles. The van der Waals surface area contributed by atoms with Crippen molar-refractivity contribution in [3.05, 3.63) is 77.1 Å². The normalized spacial score (nSPS) is 10.9. The van der Waals surface area contributed by atoms with Crippen LogP contribution in [0.5, 0.6) is 0 Å². The van der Waals surface area contributed by atoms with Gasteiger partial charge in [-0.1, -0.05) is 54.1 Å². The van der Waals surface area contributed by atoms with Gasteiger partial charge in [0.1, 0.15) is 11.6 Å². The highest BCUT2D eigenvalue weighted by molar-refractivity contribution is 6.30. The molecule has 24 heavy (non-hydrogen) atoms. The van der Waals surface area contributed by atoms with Crippen molar-refractivity contribution in [2.75, 3.05) is 5.43 Å². The van der Waals surface area contributed by atoms with Crippen molar-refractivity contribution >= 4 is 23.6 Å². The summed E-state index contributed by atoms with van der Waals surface area (Å²) in [7, 11) is 0. The molecule has 3 rings (SSSR count). The summed E-state index contributed by atoms with van der Waals surface area (Å²) in [6.45, 7) is 1.87. The van der Waals surface area contributed by atoms with Crippen LogP contribution >= 0.6 is 11.6 Å². The summed E-state index contributed by atoms with van der Waals surface area (Å²) >= 11 is 5.87. The minimum atomic E-state index is 0.675. The fourth-order valence-electron chi connectivity index (χ4n) is 2.27. The second-order valence-electron chi connectivity index (χ2n) is 5.31. The Morgan fingerprint density at radius 3 is 2.54 bits per heavy atom. The lowest BCUT2D eigenvalue weighted by Crippen LogP contribution is -1.99. The average Bonchev–Trinajstić information content (AvgIpc) is 2.61. The smallest absolute Gasteiger partial charge is 0.150 e. The van der Waals surface area contributed by atoms with Gasteiger partial charge in [0.15, 0.2) is 0 Å². The Labute approximate surface area is 146 Å². The molecular weight excluding hydrogens is 320 g/mol. The predicted octanol–water partition coefficient (Wildman–Crippen LogP) is 4.75. The Morgan fingerprint density at radius 1 is 1.04 bits per heavy atom. The molecule has 5 heteroatoms. The van der Waals surface area contributed by atoms with E-state index in [0.717, 1.165) is 28.3 Å². The van der Waals surface area contributed by atoms with Crippen molar-refractivity contribution in [3.63, 3.8) is 0 Å². The van der Waals surface area contributed by atoms with E-state index in [1.807, 2.05) is 73.8 Å². The second-order valence-corrected chi connectivity index (χ2v) is 5.74. The zero-order chi connectivity index (χ0) is 16.8. The standard InChI is InChI=1S/C19H17ClN4/c1-14-22-18(16-5-3-2-4-6-16)13-19(23-14)24-21-12-11-15-7-9-17(20)10-8-15/h2-10,12-13H,11H2,1H3,(H,22,23,24). The molecule has 0 radical (unpaired) electrons. The highest BCUT2D eigenvalue weighted by Gasteiger charge is 2.03. The van der Waals surface area contributed by atoms with Gasteiger partial charge in [-0.2, -0.15) is 5.10 Å². The number of aryl methyl sites for hydroxylation is 1. The molecule has 2 aromatic carbocycles. The molecular formula is C19H17ClN4. The Morgan fingerprint density at radius 2 is 1.79 bits per heavy atom. The molecule has 0 amide bonds. The largest absolute Gasteiger partial charge is 0.262 e. The molecule has 0 aliphatic heterocycles. The highest BCUT2D eigenvalue weighted by Crippen LogP contribution is 2.19. The third-order valence-corrected chi connectivity index (χ3v) is 3.67. The Balaban J connectivity index is 1.68. The van der Waals surface area contributed by atoms with Gasteiger partial charge in [0.05, 0.1) is 5.69 Å². The number of anilines is 1. The van der Waals surface area contributed by atoms with E-state index >= 15 is 0 Å². The first-order valence-corrected chi connectivity index (χ1v) is 8.01. The van der Waals surface area contributed by atoms with Gasteiger partial charge in [-0.3, -0.25) is 5.43 Å². The highest BCUT2D eigenvalue weighted by atomic mass is 35.5. The van der Waals surface area contributed by atoms with Crippen LogP contribution in [0, 0.1) is 6.92 Å². The minimum Gasteiger partial charge on any atom is -0.262 e. The van der Waals surface area contributed by atoms with Crippen LogP contribution in [-0.4, -0.2) is 16.2 Å². The second kappa shape index (κ2) is 7.70. The van der Waals surface area contributed by atoms with Crippen LogP contribution in [0.4, 0.5) is 5.82 Å². The van der Waals surface area contributed by atoms with E-state index in [1.54, 1.807) is 0 Å². The van der Waals surface area contributed by atoms with Gasteiger partial charge in [0.2, 0.25) is 0 Å². The summed E-state index contributed by atoms with van der Waals surface area (Å²) < 4.78 is 0. The molecule has 0 unspecified atom stereocenters. The first-order chi connectivity index (χ1) is 11.7. The number of hydrazone groups is 1. The number of rotatable bonds is 5. The molecule has 0 spiro atoms. The molecule has 0 bridgehead atoms.